The molecule has 0 N–H and O–H groups in total. The van der Waals surface area contributed by atoms with Gasteiger partial charge in [0.1, 0.15) is 12.1 Å². The van der Waals surface area contributed by atoms with Crippen LogP contribution in [0, 0.1) is 34.0 Å². The number of nitrogens with zero attached hydrogens (tertiary/aromatic N) is 5. The number of fused-ring (bicyclic) bond motifs is 6. The van der Waals surface area contributed by atoms with Crippen LogP contribution in [0.25, 0.3) is 44.9 Å². The Kier molecular flexibility index (Phi) is 6.84. The number of hydrogen-bond donors (Lipinski definition) is 0. The standard InChI is InChI=1S/C45H29N5/c46-26-29-16-22-44-39(24-29)38-11-3-6-15-43(38)50(44)45-33(27-47)8-7-12-35(45)31-19-17-30(18-20-31)32-21-23-40(34(25-32)28-48)49-41-13-4-1-9-36(41)37-10-2-5-14-42(37)49/h1-5,7-14,16-25,36,41H,6,15H2. The van der Waals surface area contributed by atoms with Crippen LogP contribution in [0.4, 0.5) is 11.4 Å². The first-order valence-electron chi connectivity index (χ1n) is 16.8. The van der Waals surface area contributed by atoms with Crippen molar-refractivity contribution in [3.63, 3.8) is 0 Å². The number of benzene rings is 5. The van der Waals surface area contributed by atoms with Gasteiger partial charge >= 0.3 is 0 Å². The van der Waals surface area contributed by atoms with E-state index in [1.165, 1.54) is 5.56 Å². The molecule has 0 spiro atoms. The summed E-state index contributed by atoms with van der Waals surface area (Å²) in [4.78, 5) is 2.30. The summed E-state index contributed by atoms with van der Waals surface area (Å²) >= 11 is 0. The second kappa shape index (κ2) is 11.7. The van der Waals surface area contributed by atoms with E-state index in [0.29, 0.717) is 16.7 Å². The lowest BCUT2D eigenvalue weighted by atomic mass is 9.91. The molecule has 2 aliphatic carbocycles. The van der Waals surface area contributed by atoms with E-state index in [-0.39, 0.29) is 12.0 Å². The SMILES string of the molecule is N#Cc1ccc2c(c1)c1c(n2-c2c(C#N)cccc2-c2ccc(-c3ccc(N4c5ccccc5C5C=CC=CC54)c(C#N)c3)cc2)CCC=C1. The van der Waals surface area contributed by atoms with E-state index in [1.54, 1.807) is 0 Å². The predicted octanol–water partition coefficient (Wildman–Crippen LogP) is 10.3. The number of para-hydroxylation sites is 2. The van der Waals surface area contributed by atoms with Crippen molar-refractivity contribution in [3.8, 4) is 46.1 Å². The number of anilines is 2. The first-order valence-corrected chi connectivity index (χ1v) is 16.8. The van der Waals surface area contributed by atoms with E-state index in [0.717, 1.165) is 74.3 Å². The van der Waals surface area contributed by atoms with Gasteiger partial charge in [0.05, 0.1) is 45.7 Å². The molecule has 234 valence electrons. The molecule has 0 radical (unpaired) electrons. The topological polar surface area (TPSA) is 79.5 Å². The Morgan fingerprint density at radius 1 is 0.660 bits per heavy atom. The zero-order chi connectivity index (χ0) is 33.8. The minimum absolute atomic E-state index is 0.125. The fraction of sp³-hybridized carbons (Fsp3) is 0.0889. The molecule has 2 unspecified atom stereocenters. The molecule has 1 aromatic heterocycles. The van der Waals surface area contributed by atoms with Crippen LogP contribution in [0.2, 0.25) is 0 Å². The first-order chi connectivity index (χ1) is 24.7. The smallest absolute Gasteiger partial charge is 0.101 e. The summed E-state index contributed by atoms with van der Waals surface area (Å²) in [6.45, 7) is 0. The van der Waals surface area contributed by atoms with Crippen LogP contribution >= 0.6 is 0 Å². The number of rotatable bonds is 4. The molecule has 5 nitrogen and oxygen atoms in total. The van der Waals surface area contributed by atoms with Crippen LogP contribution in [0.3, 0.4) is 0 Å². The number of nitriles is 3. The average Bonchev–Trinajstić information content (AvgIpc) is 3.69. The van der Waals surface area contributed by atoms with Gasteiger partial charge < -0.3 is 9.47 Å². The van der Waals surface area contributed by atoms with E-state index >= 15 is 0 Å². The van der Waals surface area contributed by atoms with Gasteiger partial charge in [-0.15, -0.1) is 0 Å². The fourth-order valence-corrected chi connectivity index (χ4v) is 8.08. The molecule has 0 fully saturated rings. The highest BCUT2D eigenvalue weighted by molar-refractivity contribution is 5.96. The molecule has 5 heteroatoms. The highest BCUT2D eigenvalue weighted by Crippen LogP contribution is 2.48. The molecule has 0 bridgehead atoms. The van der Waals surface area contributed by atoms with Crippen LogP contribution in [-0.2, 0) is 6.42 Å². The number of allylic oxidation sites excluding steroid dienone is 3. The summed E-state index contributed by atoms with van der Waals surface area (Å²) in [5.41, 5.74) is 13.2. The quantitative estimate of drug-likeness (QED) is 0.192. The second-order valence-electron chi connectivity index (χ2n) is 12.9. The van der Waals surface area contributed by atoms with Crippen molar-refractivity contribution in [2.75, 3.05) is 4.90 Å². The molecule has 6 aromatic rings. The van der Waals surface area contributed by atoms with E-state index in [4.69, 9.17) is 0 Å². The third-order valence-electron chi connectivity index (χ3n) is 10.3. The summed E-state index contributed by atoms with van der Waals surface area (Å²) < 4.78 is 2.23. The van der Waals surface area contributed by atoms with Crippen molar-refractivity contribution < 1.29 is 0 Å². The number of hydrogen-bond acceptors (Lipinski definition) is 4. The van der Waals surface area contributed by atoms with E-state index in [1.807, 2.05) is 36.4 Å². The molecule has 1 aliphatic heterocycles. The van der Waals surface area contributed by atoms with E-state index < -0.39 is 0 Å². The minimum atomic E-state index is 0.125. The van der Waals surface area contributed by atoms with Gasteiger partial charge in [-0.1, -0.05) is 97.1 Å². The fourth-order valence-electron chi connectivity index (χ4n) is 8.08. The molecule has 5 aromatic carbocycles. The van der Waals surface area contributed by atoms with Crippen molar-refractivity contribution >= 4 is 28.4 Å². The molecular formula is C45H29N5. The lowest BCUT2D eigenvalue weighted by Crippen LogP contribution is -2.29. The molecule has 0 saturated carbocycles. The van der Waals surface area contributed by atoms with Crippen LogP contribution in [0.5, 0.6) is 0 Å². The van der Waals surface area contributed by atoms with E-state index in [2.05, 4.69) is 131 Å². The molecule has 2 heterocycles. The maximum absolute atomic E-state index is 10.4. The van der Waals surface area contributed by atoms with Crippen LogP contribution in [0.1, 0.15) is 45.8 Å². The van der Waals surface area contributed by atoms with Gasteiger partial charge in [-0.05, 0) is 77.6 Å². The molecule has 9 rings (SSSR count). The Balaban J connectivity index is 1.12. The summed E-state index contributed by atoms with van der Waals surface area (Å²) in [5, 5.41) is 31.4. The second-order valence-corrected chi connectivity index (χ2v) is 12.9. The normalized spacial score (nSPS) is 16.7. The van der Waals surface area contributed by atoms with Crippen molar-refractivity contribution in [2.24, 2.45) is 0 Å². The summed E-state index contributed by atoms with van der Waals surface area (Å²) in [7, 11) is 0. The van der Waals surface area contributed by atoms with Gasteiger partial charge in [-0.2, -0.15) is 15.8 Å². The maximum Gasteiger partial charge on any atom is 0.101 e. The van der Waals surface area contributed by atoms with Gasteiger partial charge in [0.15, 0.2) is 0 Å². The highest BCUT2D eigenvalue weighted by Gasteiger charge is 2.38. The molecule has 2 atom stereocenters. The Labute approximate surface area is 290 Å². The van der Waals surface area contributed by atoms with Gasteiger partial charge in [-0.25, -0.2) is 0 Å². The Morgan fingerprint density at radius 2 is 1.46 bits per heavy atom. The molecule has 0 amide bonds. The maximum atomic E-state index is 10.4. The van der Waals surface area contributed by atoms with Crippen molar-refractivity contribution in [1.82, 2.24) is 4.57 Å². The lowest BCUT2D eigenvalue weighted by Gasteiger charge is -2.29. The van der Waals surface area contributed by atoms with Gasteiger partial charge in [0.25, 0.3) is 0 Å². The Bertz CT molecular complexity index is 2590. The molecule has 3 aliphatic rings. The van der Waals surface area contributed by atoms with E-state index in [9.17, 15) is 15.8 Å². The lowest BCUT2D eigenvalue weighted by molar-refractivity contribution is 0.744. The largest absolute Gasteiger partial charge is 0.332 e. The van der Waals surface area contributed by atoms with Gasteiger partial charge in [0.2, 0.25) is 0 Å². The predicted molar refractivity (Wildman–Crippen MR) is 199 cm³/mol. The zero-order valence-corrected chi connectivity index (χ0v) is 27.1. The molecule has 0 saturated heterocycles. The monoisotopic (exact) mass is 639 g/mol. The van der Waals surface area contributed by atoms with Crippen molar-refractivity contribution in [3.05, 3.63) is 167 Å². The summed E-state index contributed by atoms with van der Waals surface area (Å²) in [5.74, 6) is 0.251. The summed E-state index contributed by atoms with van der Waals surface area (Å²) in [6, 6.07) is 42.1. The molecular weight excluding hydrogens is 611 g/mol. The first kappa shape index (κ1) is 29.3. The highest BCUT2D eigenvalue weighted by atomic mass is 15.2. The van der Waals surface area contributed by atoms with Crippen LogP contribution in [0.15, 0.2) is 134 Å². The average molecular weight is 640 g/mol. The van der Waals surface area contributed by atoms with Crippen LogP contribution < -0.4 is 4.90 Å². The van der Waals surface area contributed by atoms with Crippen LogP contribution in [-0.4, -0.2) is 10.6 Å². The Morgan fingerprint density at radius 3 is 2.30 bits per heavy atom. The molecule has 50 heavy (non-hydrogen) atoms. The zero-order valence-electron chi connectivity index (χ0n) is 27.1. The van der Waals surface area contributed by atoms with Gasteiger partial charge in [0, 0.05) is 33.8 Å². The van der Waals surface area contributed by atoms with Crippen molar-refractivity contribution in [1.29, 1.82) is 15.8 Å². The third-order valence-corrected chi connectivity index (χ3v) is 10.3. The van der Waals surface area contributed by atoms with Gasteiger partial charge in [-0.3, -0.25) is 0 Å². The minimum Gasteiger partial charge on any atom is -0.332 e. The number of aromatic nitrogens is 1. The summed E-state index contributed by atoms with van der Waals surface area (Å²) in [6.07, 6.45) is 14.7. The Hall–Kier alpha value is -6.87. The third kappa shape index (κ3) is 4.44. The van der Waals surface area contributed by atoms with Crippen molar-refractivity contribution in [2.45, 2.75) is 24.8 Å².